The molecule has 0 aliphatic heterocycles. The molecule has 0 saturated heterocycles. The van der Waals surface area contributed by atoms with Crippen molar-refractivity contribution in [2.75, 3.05) is 12.8 Å². The lowest BCUT2D eigenvalue weighted by molar-refractivity contribution is 0.355. The molecule has 0 bridgehead atoms. The van der Waals surface area contributed by atoms with E-state index in [1.54, 1.807) is 13.2 Å². The van der Waals surface area contributed by atoms with Crippen LogP contribution in [0.1, 0.15) is 38.4 Å². The molecule has 0 spiro atoms. The van der Waals surface area contributed by atoms with Gasteiger partial charge in [-0.25, -0.2) is 0 Å². The van der Waals surface area contributed by atoms with Crippen LogP contribution in [-0.4, -0.2) is 12.3 Å². The highest BCUT2D eigenvalue weighted by molar-refractivity contribution is 6.31. The van der Waals surface area contributed by atoms with Gasteiger partial charge in [0.05, 0.1) is 12.7 Å². The van der Waals surface area contributed by atoms with Gasteiger partial charge in [-0.3, -0.25) is 0 Å². The third-order valence-electron chi connectivity index (χ3n) is 3.53. The summed E-state index contributed by atoms with van der Waals surface area (Å²) in [6.45, 7) is 4.23. The second kappa shape index (κ2) is 6.18. The number of nitrogen functional groups attached to an aromatic ring is 1. The minimum absolute atomic E-state index is 0.276. The molecule has 108 valence electrons. The molecule has 0 aliphatic rings. The Morgan fingerprint density at radius 2 is 2.05 bits per heavy atom. The van der Waals surface area contributed by atoms with Crippen LogP contribution in [0, 0.1) is 0 Å². The summed E-state index contributed by atoms with van der Waals surface area (Å²) in [5, 5.41) is 4.54. The molecule has 0 radical (unpaired) electrons. The molecule has 1 aromatic carbocycles. The number of halogens is 1. The van der Waals surface area contributed by atoms with Crippen LogP contribution in [0.15, 0.2) is 22.7 Å². The van der Waals surface area contributed by atoms with Crippen molar-refractivity contribution in [1.82, 2.24) is 5.16 Å². The number of aromatic nitrogens is 1. The number of ether oxygens (including phenoxy) is 1. The smallest absolute Gasteiger partial charge is 0.175 e. The summed E-state index contributed by atoms with van der Waals surface area (Å²) in [6.07, 6.45) is 1.92. The molecule has 0 saturated carbocycles. The fourth-order valence-corrected chi connectivity index (χ4v) is 2.57. The summed E-state index contributed by atoms with van der Waals surface area (Å²) in [5.41, 5.74) is 7.60. The van der Waals surface area contributed by atoms with Gasteiger partial charge in [-0.2, -0.15) is 0 Å². The average Bonchev–Trinajstić information content (AvgIpc) is 2.82. The highest BCUT2D eigenvalue weighted by Crippen LogP contribution is 2.41. The van der Waals surface area contributed by atoms with Crippen LogP contribution in [0.3, 0.4) is 0 Å². The molecule has 1 aromatic heterocycles. The Morgan fingerprint density at radius 1 is 1.35 bits per heavy atom. The number of benzene rings is 1. The third-order valence-corrected chi connectivity index (χ3v) is 3.77. The quantitative estimate of drug-likeness (QED) is 0.882. The predicted molar refractivity (Wildman–Crippen MR) is 81.2 cm³/mol. The molecular formula is C15H19ClN2O2. The van der Waals surface area contributed by atoms with Crippen molar-refractivity contribution in [3.05, 3.63) is 29.0 Å². The van der Waals surface area contributed by atoms with E-state index in [0.717, 1.165) is 29.7 Å². The van der Waals surface area contributed by atoms with Crippen LogP contribution in [0.5, 0.6) is 5.75 Å². The predicted octanol–water partition coefficient (Wildman–Crippen LogP) is 4.49. The summed E-state index contributed by atoms with van der Waals surface area (Å²) in [4.78, 5) is 0. The average molecular weight is 295 g/mol. The van der Waals surface area contributed by atoms with Gasteiger partial charge in [0.15, 0.2) is 5.82 Å². The molecule has 2 aromatic rings. The maximum Gasteiger partial charge on any atom is 0.175 e. The van der Waals surface area contributed by atoms with Crippen molar-refractivity contribution in [3.63, 3.8) is 0 Å². The molecule has 0 atom stereocenters. The summed E-state index contributed by atoms with van der Waals surface area (Å²) < 4.78 is 10.9. The standard InChI is InChI=1S/C15H19ClN2O2/c1-4-9(5-2)14-13(15(17)18-20-14)11-8-10(16)6-7-12(11)19-3/h6-9H,4-5H2,1-3H3,(H2,17,18). The molecule has 0 fully saturated rings. The molecule has 4 nitrogen and oxygen atoms in total. The lowest BCUT2D eigenvalue weighted by Crippen LogP contribution is -1.98. The largest absolute Gasteiger partial charge is 0.496 e. The number of methoxy groups -OCH3 is 1. The number of anilines is 1. The molecule has 1 heterocycles. The van der Waals surface area contributed by atoms with Crippen molar-refractivity contribution in [1.29, 1.82) is 0 Å². The maximum atomic E-state index is 6.10. The van der Waals surface area contributed by atoms with Crippen molar-refractivity contribution in [3.8, 4) is 16.9 Å². The first-order chi connectivity index (χ1) is 9.62. The molecular weight excluding hydrogens is 276 g/mol. The van der Waals surface area contributed by atoms with Crippen LogP contribution in [-0.2, 0) is 0 Å². The van der Waals surface area contributed by atoms with Crippen LogP contribution in [0.4, 0.5) is 5.82 Å². The van der Waals surface area contributed by atoms with Gasteiger partial charge in [-0.15, -0.1) is 0 Å². The van der Waals surface area contributed by atoms with Gasteiger partial charge in [-0.1, -0.05) is 30.6 Å². The Labute approximate surface area is 123 Å². The maximum absolute atomic E-state index is 6.10. The first-order valence-electron chi connectivity index (χ1n) is 6.71. The van der Waals surface area contributed by atoms with E-state index in [9.17, 15) is 0 Å². The van der Waals surface area contributed by atoms with E-state index >= 15 is 0 Å². The minimum Gasteiger partial charge on any atom is -0.496 e. The zero-order valence-corrected chi connectivity index (χ0v) is 12.7. The topological polar surface area (TPSA) is 61.3 Å². The fraction of sp³-hybridized carbons (Fsp3) is 0.400. The summed E-state index contributed by atoms with van der Waals surface area (Å²) >= 11 is 6.10. The Hall–Kier alpha value is -1.68. The first kappa shape index (κ1) is 14.7. The number of nitrogens with two attached hydrogens (primary N) is 1. The van der Waals surface area contributed by atoms with Gasteiger partial charge >= 0.3 is 0 Å². The summed E-state index contributed by atoms with van der Waals surface area (Å²) in [7, 11) is 1.62. The van der Waals surface area contributed by atoms with E-state index in [1.807, 2.05) is 12.1 Å². The lowest BCUT2D eigenvalue weighted by atomic mass is 9.93. The van der Waals surface area contributed by atoms with E-state index in [1.165, 1.54) is 0 Å². The molecule has 0 unspecified atom stereocenters. The zero-order chi connectivity index (χ0) is 14.7. The molecule has 2 rings (SSSR count). The van der Waals surface area contributed by atoms with E-state index < -0.39 is 0 Å². The second-order valence-corrected chi connectivity index (χ2v) is 5.10. The van der Waals surface area contributed by atoms with Crippen molar-refractivity contribution in [2.45, 2.75) is 32.6 Å². The zero-order valence-electron chi connectivity index (χ0n) is 11.9. The normalized spacial score (nSPS) is 11.1. The molecule has 0 aliphatic carbocycles. The number of rotatable bonds is 5. The first-order valence-corrected chi connectivity index (χ1v) is 7.09. The van der Waals surface area contributed by atoms with E-state index in [-0.39, 0.29) is 5.92 Å². The highest BCUT2D eigenvalue weighted by atomic mass is 35.5. The number of nitrogens with zero attached hydrogens (tertiary/aromatic N) is 1. The molecule has 5 heteroatoms. The van der Waals surface area contributed by atoms with Crippen LogP contribution < -0.4 is 10.5 Å². The van der Waals surface area contributed by atoms with Crippen molar-refractivity contribution in [2.24, 2.45) is 0 Å². The summed E-state index contributed by atoms with van der Waals surface area (Å²) in [6, 6.07) is 5.43. The molecule has 0 amide bonds. The van der Waals surface area contributed by atoms with Gasteiger partial charge in [0, 0.05) is 16.5 Å². The lowest BCUT2D eigenvalue weighted by Gasteiger charge is -2.13. The van der Waals surface area contributed by atoms with Gasteiger partial charge in [0.25, 0.3) is 0 Å². The molecule has 2 N–H and O–H groups in total. The fourth-order valence-electron chi connectivity index (χ4n) is 2.40. The Balaban J connectivity index is 2.63. The van der Waals surface area contributed by atoms with Crippen LogP contribution in [0.25, 0.3) is 11.1 Å². The van der Waals surface area contributed by atoms with E-state index in [4.69, 9.17) is 26.6 Å². The van der Waals surface area contributed by atoms with Crippen molar-refractivity contribution >= 4 is 17.4 Å². The van der Waals surface area contributed by atoms with E-state index in [2.05, 4.69) is 19.0 Å². The Morgan fingerprint density at radius 3 is 2.65 bits per heavy atom. The Bertz CT molecular complexity index is 592. The van der Waals surface area contributed by atoms with Gasteiger partial charge in [-0.05, 0) is 31.0 Å². The third kappa shape index (κ3) is 2.61. The van der Waals surface area contributed by atoms with E-state index in [0.29, 0.717) is 16.6 Å². The second-order valence-electron chi connectivity index (χ2n) is 4.67. The molecule has 20 heavy (non-hydrogen) atoms. The van der Waals surface area contributed by atoms with Gasteiger partial charge < -0.3 is 15.0 Å². The number of hydrogen-bond donors (Lipinski definition) is 1. The van der Waals surface area contributed by atoms with Crippen LogP contribution >= 0.6 is 11.6 Å². The van der Waals surface area contributed by atoms with Gasteiger partial charge in [0.1, 0.15) is 11.5 Å². The monoisotopic (exact) mass is 294 g/mol. The van der Waals surface area contributed by atoms with Crippen LogP contribution in [0.2, 0.25) is 5.02 Å². The minimum atomic E-state index is 0.276. The van der Waals surface area contributed by atoms with Gasteiger partial charge in [0.2, 0.25) is 0 Å². The Kier molecular flexibility index (Phi) is 4.55. The SMILES string of the molecule is CCC(CC)c1onc(N)c1-c1cc(Cl)ccc1OC. The summed E-state index contributed by atoms with van der Waals surface area (Å²) in [5.74, 6) is 2.15. The highest BCUT2D eigenvalue weighted by Gasteiger charge is 2.24. The van der Waals surface area contributed by atoms with Crippen molar-refractivity contribution < 1.29 is 9.26 Å². The number of hydrogen-bond acceptors (Lipinski definition) is 4.